The van der Waals surface area contributed by atoms with Crippen molar-refractivity contribution in [3.05, 3.63) is 129 Å². The standard InChI is InChI=1S/C11H8N2O2S.C9H9NOS.C8H11NO/c14-9-5-1-3-7-12(9)11(16)13-8-4-2-6-10(13)15;11-6-5-8-1-3-9(4-2-8)10-7-12;9-8-3-1-7(2-4-8)5-6-10/h1-8H;1-4,11H,5-6H2;1-4,10H,5-6,9H2. The molecule has 2 aromatic carbocycles. The van der Waals surface area contributed by atoms with Crippen molar-refractivity contribution in [2.75, 3.05) is 18.9 Å². The molecule has 0 spiro atoms. The van der Waals surface area contributed by atoms with Gasteiger partial charge in [-0.1, -0.05) is 36.4 Å². The van der Waals surface area contributed by atoms with Gasteiger partial charge in [0.05, 0.1) is 10.8 Å². The number of nitrogens with zero attached hydrogens (tertiary/aromatic N) is 3. The summed E-state index contributed by atoms with van der Waals surface area (Å²) in [5.41, 5.74) is 8.72. The smallest absolute Gasteiger partial charge is 0.256 e. The minimum atomic E-state index is -0.261. The number of pyridine rings is 2. The highest BCUT2D eigenvalue weighted by atomic mass is 32.1. The van der Waals surface area contributed by atoms with Crippen LogP contribution in [0.25, 0.3) is 0 Å². The van der Waals surface area contributed by atoms with E-state index in [4.69, 9.17) is 28.2 Å². The zero-order chi connectivity index (χ0) is 27.8. The van der Waals surface area contributed by atoms with Crippen molar-refractivity contribution in [1.82, 2.24) is 9.13 Å². The summed E-state index contributed by atoms with van der Waals surface area (Å²) in [7, 11) is 0. The third kappa shape index (κ3) is 10.1. The Balaban J connectivity index is 0.000000207. The van der Waals surface area contributed by atoms with E-state index in [-0.39, 0.29) is 29.4 Å². The minimum Gasteiger partial charge on any atom is -0.399 e. The SMILES string of the molecule is Nc1ccc(CCO)cc1.O=c1ccccn1C(=S)n1ccccc1=O.OCCc1ccc(N=C=S)cc1. The van der Waals surface area contributed by atoms with Crippen LogP contribution in [0.5, 0.6) is 0 Å². The van der Waals surface area contributed by atoms with Crippen LogP contribution < -0.4 is 16.9 Å². The molecule has 0 fully saturated rings. The van der Waals surface area contributed by atoms with Crippen LogP contribution in [0.2, 0.25) is 0 Å². The van der Waals surface area contributed by atoms with Gasteiger partial charge in [0, 0.05) is 43.4 Å². The van der Waals surface area contributed by atoms with Gasteiger partial charge in [-0.05, 0) is 84.8 Å². The predicted octanol–water partition coefficient (Wildman–Crippen LogP) is 3.45. The maximum Gasteiger partial charge on any atom is 0.256 e. The lowest BCUT2D eigenvalue weighted by atomic mass is 10.1. The van der Waals surface area contributed by atoms with E-state index in [1.807, 2.05) is 48.5 Å². The Labute approximate surface area is 231 Å². The molecule has 0 bridgehead atoms. The first-order valence-electron chi connectivity index (χ1n) is 11.5. The molecular weight excluding hydrogens is 520 g/mol. The van der Waals surface area contributed by atoms with Crippen molar-refractivity contribution in [3.8, 4) is 0 Å². The molecule has 2 aromatic heterocycles. The average Bonchev–Trinajstić information content (AvgIpc) is 2.93. The van der Waals surface area contributed by atoms with Crippen molar-refractivity contribution < 1.29 is 10.2 Å². The molecule has 0 saturated heterocycles. The van der Waals surface area contributed by atoms with Crippen molar-refractivity contribution >= 4 is 46.1 Å². The lowest BCUT2D eigenvalue weighted by Gasteiger charge is -2.08. The molecule has 0 radical (unpaired) electrons. The number of aromatic nitrogens is 2. The van der Waals surface area contributed by atoms with Gasteiger partial charge in [-0.2, -0.15) is 4.99 Å². The number of aliphatic imine (C=N–C) groups is 1. The number of hydrogen-bond donors (Lipinski definition) is 3. The summed E-state index contributed by atoms with van der Waals surface area (Å²) >= 11 is 9.55. The van der Waals surface area contributed by atoms with Crippen LogP contribution in [0, 0.1) is 0 Å². The second kappa shape index (κ2) is 16.6. The summed E-state index contributed by atoms with van der Waals surface area (Å²) in [4.78, 5) is 26.8. The lowest BCUT2D eigenvalue weighted by Crippen LogP contribution is -2.35. The topological polar surface area (TPSA) is 123 Å². The summed E-state index contributed by atoms with van der Waals surface area (Å²) in [5.74, 6) is 0. The molecule has 0 aliphatic rings. The number of aliphatic hydroxyl groups is 2. The highest BCUT2D eigenvalue weighted by Gasteiger charge is 2.04. The summed E-state index contributed by atoms with van der Waals surface area (Å²) in [6.07, 6.45) is 4.45. The maximum absolute atomic E-state index is 11.5. The fourth-order valence-electron chi connectivity index (χ4n) is 3.02. The van der Waals surface area contributed by atoms with E-state index in [1.54, 1.807) is 24.3 Å². The molecule has 0 atom stereocenters. The zero-order valence-electron chi connectivity index (χ0n) is 20.5. The summed E-state index contributed by atoms with van der Waals surface area (Å²) in [6, 6.07) is 24.4. The fraction of sp³-hybridized carbons (Fsp3) is 0.143. The molecule has 4 N–H and O–H groups in total. The number of anilines is 1. The van der Waals surface area contributed by atoms with E-state index in [2.05, 4.69) is 22.4 Å². The number of aliphatic hydroxyl groups excluding tert-OH is 2. The molecule has 0 amide bonds. The van der Waals surface area contributed by atoms with E-state index in [9.17, 15) is 9.59 Å². The molecule has 0 saturated carbocycles. The Morgan fingerprint density at radius 3 is 1.61 bits per heavy atom. The highest BCUT2D eigenvalue weighted by molar-refractivity contribution is 7.80. The second-order valence-corrected chi connectivity index (χ2v) is 8.21. The van der Waals surface area contributed by atoms with Gasteiger partial charge >= 0.3 is 0 Å². The molecule has 10 heteroatoms. The van der Waals surface area contributed by atoms with Crippen molar-refractivity contribution in [1.29, 1.82) is 0 Å². The van der Waals surface area contributed by atoms with Gasteiger partial charge in [-0.3, -0.25) is 18.7 Å². The van der Waals surface area contributed by atoms with Crippen LogP contribution in [0.1, 0.15) is 11.1 Å². The molecular formula is C28H28N4O4S2. The number of hydrogen-bond acceptors (Lipinski definition) is 8. The molecule has 4 aromatic rings. The number of thiocarbonyl (C=S) groups is 2. The predicted molar refractivity (Wildman–Crippen MR) is 158 cm³/mol. The van der Waals surface area contributed by atoms with Crippen LogP contribution in [0.15, 0.2) is 112 Å². The lowest BCUT2D eigenvalue weighted by molar-refractivity contribution is 0.299. The van der Waals surface area contributed by atoms with E-state index in [1.165, 1.54) is 33.7 Å². The van der Waals surface area contributed by atoms with E-state index >= 15 is 0 Å². The summed E-state index contributed by atoms with van der Waals surface area (Å²) in [5, 5.41) is 19.6. The second-order valence-electron chi connectivity index (χ2n) is 7.66. The Morgan fingerprint density at radius 1 is 0.763 bits per heavy atom. The van der Waals surface area contributed by atoms with E-state index in [0.717, 1.165) is 22.5 Å². The molecule has 0 unspecified atom stereocenters. The quantitative estimate of drug-likeness (QED) is 0.198. The van der Waals surface area contributed by atoms with Crippen LogP contribution in [0.4, 0.5) is 11.4 Å². The van der Waals surface area contributed by atoms with Gasteiger partial charge < -0.3 is 15.9 Å². The largest absolute Gasteiger partial charge is 0.399 e. The normalized spacial score (nSPS) is 9.63. The van der Waals surface area contributed by atoms with Gasteiger partial charge in [0.2, 0.25) is 0 Å². The molecule has 0 aliphatic heterocycles. The van der Waals surface area contributed by atoms with Crippen LogP contribution >= 0.6 is 24.4 Å². The molecule has 196 valence electrons. The van der Waals surface area contributed by atoms with Crippen LogP contribution in [0.3, 0.4) is 0 Å². The van der Waals surface area contributed by atoms with Crippen molar-refractivity contribution in [3.63, 3.8) is 0 Å². The minimum absolute atomic E-state index is 0.149. The summed E-state index contributed by atoms with van der Waals surface area (Å²) < 4.78 is 2.49. The average molecular weight is 549 g/mol. The van der Waals surface area contributed by atoms with Gasteiger partial charge in [0.25, 0.3) is 11.1 Å². The Hall–Kier alpha value is -4.05. The van der Waals surface area contributed by atoms with Gasteiger partial charge in [-0.25, -0.2) is 0 Å². The first-order valence-corrected chi connectivity index (χ1v) is 12.3. The third-order valence-corrected chi connectivity index (χ3v) is 5.43. The first-order chi connectivity index (χ1) is 18.4. The zero-order valence-corrected chi connectivity index (χ0v) is 22.1. The monoisotopic (exact) mass is 548 g/mol. The molecule has 2 heterocycles. The van der Waals surface area contributed by atoms with E-state index < -0.39 is 0 Å². The first kappa shape index (κ1) is 30.2. The molecule has 0 aliphatic carbocycles. The number of isothiocyanates is 1. The number of nitrogen functional groups attached to an aromatic ring is 1. The Morgan fingerprint density at radius 2 is 1.21 bits per heavy atom. The molecule has 38 heavy (non-hydrogen) atoms. The van der Waals surface area contributed by atoms with Gasteiger partial charge in [0.1, 0.15) is 0 Å². The molecule has 4 rings (SSSR count). The fourth-order valence-corrected chi connectivity index (χ4v) is 3.43. The summed E-state index contributed by atoms with van der Waals surface area (Å²) in [6.45, 7) is 0.375. The number of benzene rings is 2. The van der Waals surface area contributed by atoms with Crippen molar-refractivity contribution in [2.45, 2.75) is 12.8 Å². The molecule has 8 nitrogen and oxygen atoms in total. The third-order valence-electron chi connectivity index (χ3n) is 4.95. The number of nitrogens with two attached hydrogens (primary N) is 1. The highest BCUT2D eigenvalue weighted by Crippen LogP contribution is 2.12. The number of rotatable bonds is 5. The Kier molecular flexibility index (Phi) is 13.2. The van der Waals surface area contributed by atoms with Crippen LogP contribution in [-0.2, 0) is 12.8 Å². The maximum atomic E-state index is 11.5. The van der Waals surface area contributed by atoms with Gasteiger partial charge in [0.15, 0.2) is 5.11 Å². The van der Waals surface area contributed by atoms with Crippen molar-refractivity contribution in [2.24, 2.45) is 4.99 Å². The Bertz CT molecular complexity index is 1400. The van der Waals surface area contributed by atoms with Gasteiger partial charge in [-0.15, -0.1) is 0 Å². The van der Waals surface area contributed by atoms with E-state index in [0.29, 0.717) is 12.8 Å². The van der Waals surface area contributed by atoms with Crippen LogP contribution in [-0.4, -0.2) is 42.8 Å².